The average molecular weight is 227 g/mol. The van der Waals surface area contributed by atoms with Gasteiger partial charge in [-0.3, -0.25) is 0 Å². The van der Waals surface area contributed by atoms with Crippen molar-refractivity contribution in [3.63, 3.8) is 0 Å². The second-order valence-corrected chi connectivity index (χ2v) is 3.35. The zero-order valence-electron chi connectivity index (χ0n) is 8.96. The molecule has 0 unspecified atom stereocenters. The van der Waals surface area contributed by atoms with E-state index in [-0.39, 0.29) is 0 Å². The molecule has 1 N–H and O–H groups in total. The Kier molecular flexibility index (Phi) is 4.98. The van der Waals surface area contributed by atoms with E-state index in [1.165, 1.54) is 0 Å². The van der Waals surface area contributed by atoms with Gasteiger partial charge in [0.1, 0.15) is 0 Å². The van der Waals surface area contributed by atoms with Crippen LogP contribution < -0.4 is 10.1 Å². The van der Waals surface area contributed by atoms with Crippen LogP contribution in [0.25, 0.3) is 0 Å². The Labute approximate surface area is 95.1 Å². The van der Waals surface area contributed by atoms with E-state index < -0.39 is 0 Å². The molecule has 0 aromatic carbocycles. The van der Waals surface area contributed by atoms with Crippen molar-refractivity contribution in [3.05, 3.63) is 29.4 Å². The molecule has 0 amide bonds. The Bertz CT molecular complexity index is 322. The lowest BCUT2D eigenvalue weighted by atomic mass is 10.3. The van der Waals surface area contributed by atoms with Crippen LogP contribution in [0.1, 0.15) is 13.8 Å². The molecule has 1 heterocycles. The van der Waals surface area contributed by atoms with E-state index in [9.17, 15) is 0 Å². The molecule has 4 heteroatoms. The van der Waals surface area contributed by atoms with Crippen molar-refractivity contribution in [2.45, 2.75) is 13.8 Å². The summed E-state index contributed by atoms with van der Waals surface area (Å²) >= 11 is 5.55. The van der Waals surface area contributed by atoms with E-state index in [1.54, 1.807) is 11.7 Å². The minimum atomic E-state index is 0.633. The Morgan fingerprint density at radius 1 is 1.60 bits per heavy atom. The van der Waals surface area contributed by atoms with Crippen molar-refractivity contribution < 1.29 is 4.74 Å². The summed E-state index contributed by atoms with van der Waals surface area (Å²) in [6.07, 6.45) is 1.74. The van der Waals surface area contributed by atoms with Gasteiger partial charge in [0.05, 0.1) is 18.5 Å². The van der Waals surface area contributed by atoms with E-state index >= 15 is 0 Å². The molecular weight excluding hydrogens is 212 g/mol. The first-order valence-corrected chi connectivity index (χ1v) is 5.28. The molecule has 82 valence electrons. The molecule has 1 aromatic heterocycles. The van der Waals surface area contributed by atoms with Gasteiger partial charge in [0.15, 0.2) is 0 Å². The highest BCUT2D eigenvalue weighted by Crippen LogP contribution is 2.11. The number of pyridine rings is 1. The third kappa shape index (κ3) is 4.21. The number of rotatable bonds is 5. The van der Waals surface area contributed by atoms with E-state index in [0.717, 1.165) is 17.8 Å². The minimum Gasteiger partial charge on any atom is -0.478 e. The number of hydrogen-bond donors (Lipinski definition) is 1. The second kappa shape index (κ2) is 6.30. The zero-order chi connectivity index (χ0) is 11.1. The quantitative estimate of drug-likeness (QED) is 0.838. The van der Waals surface area contributed by atoms with E-state index in [0.29, 0.717) is 12.5 Å². The Balaban J connectivity index is 2.49. The summed E-state index contributed by atoms with van der Waals surface area (Å²) in [7, 11) is 0. The van der Waals surface area contributed by atoms with Crippen LogP contribution in [0, 0.1) is 0 Å². The van der Waals surface area contributed by atoms with Gasteiger partial charge in [-0.2, -0.15) is 0 Å². The number of nitrogens with zero attached hydrogens (tertiary/aromatic N) is 1. The van der Waals surface area contributed by atoms with Crippen molar-refractivity contribution in [1.29, 1.82) is 0 Å². The maximum absolute atomic E-state index is 5.55. The molecular formula is C11H15ClN2O. The fourth-order valence-corrected chi connectivity index (χ4v) is 1.08. The van der Waals surface area contributed by atoms with Gasteiger partial charge in [-0.25, -0.2) is 4.98 Å². The molecule has 3 nitrogen and oxygen atoms in total. The van der Waals surface area contributed by atoms with E-state index in [4.69, 9.17) is 16.3 Å². The Morgan fingerprint density at radius 3 is 2.93 bits per heavy atom. The molecule has 1 rings (SSSR count). The Morgan fingerprint density at radius 2 is 2.40 bits per heavy atom. The highest BCUT2D eigenvalue weighted by molar-refractivity contribution is 6.25. The van der Waals surface area contributed by atoms with E-state index in [1.807, 2.05) is 26.0 Å². The van der Waals surface area contributed by atoms with Gasteiger partial charge >= 0.3 is 0 Å². The minimum absolute atomic E-state index is 0.633. The van der Waals surface area contributed by atoms with Gasteiger partial charge in [0, 0.05) is 18.1 Å². The predicted molar refractivity (Wildman–Crippen MR) is 63.5 cm³/mol. The monoisotopic (exact) mass is 226 g/mol. The fourth-order valence-electron chi connectivity index (χ4n) is 0.998. The van der Waals surface area contributed by atoms with Crippen LogP contribution in [-0.2, 0) is 0 Å². The van der Waals surface area contributed by atoms with E-state index in [2.05, 4.69) is 10.3 Å². The van der Waals surface area contributed by atoms with Crippen LogP contribution in [0.2, 0.25) is 0 Å². The molecule has 0 aliphatic heterocycles. The number of hydrogen-bond acceptors (Lipinski definition) is 3. The number of anilines is 1. The van der Waals surface area contributed by atoms with Crippen LogP contribution in [0.3, 0.4) is 0 Å². The lowest BCUT2D eigenvalue weighted by Gasteiger charge is -2.06. The molecule has 1 aromatic rings. The van der Waals surface area contributed by atoms with Crippen molar-refractivity contribution >= 4 is 17.3 Å². The normalized spacial score (nSPS) is 11.3. The maximum atomic E-state index is 5.55. The first-order chi connectivity index (χ1) is 7.26. The van der Waals surface area contributed by atoms with Crippen LogP contribution in [0.5, 0.6) is 5.88 Å². The van der Waals surface area contributed by atoms with Gasteiger partial charge in [-0.1, -0.05) is 11.6 Å². The lowest BCUT2D eigenvalue weighted by Crippen LogP contribution is -2.03. The van der Waals surface area contributed by atoms with Crippen LogP contribution in [0.4, 0.5) is 5.69 Å². The molecule has 0 radical (unpaired) electrons. The third-order valence-electron chi connectivity index (χ3n) is 1.79. The van der Waals surface area contributed by atoms with Crippen molar-refractivity contribution in [3.8, 4) is 5.88 Å². The number of ether oxygens (including phenoxy) is 1. The fraction of sp³-hybridized carbons (Fsp3) is 0.364. The van der Waals surface area contributed by atoms with Gasteiger partial charge in [0.2, 0.25) is 5.88 Å². The smallest absolute Gasteiger partial charge is 0.213 e. The molecule has 0 fully saturated rings. The summed E-state index contributed by atoms with van der Waals surface area (Å²) in [5, 5.41) is 3.19. The van der Waals surface area contributed by atoms with Gasteiger partial charge in [0.25, 0.3) is 0 Å². The molecule has 0 spiro atoms. The summed E-state index contributed by atoms with van der Waals surface area (Å²) in [5.41, 5.74) is 3.59. The number of aromatic nitrogens is 1. The summed E-state index contributed by atoms with van der Waals surface area (Å²) in [6.45, 7) is 5.25. The number of halogens is 1. The Hall–Kier alpha value is -1.22. The molecule has 0 saturated heterocycles. The molecule has 0 saturated carbocycles. The maximum Gasteiger partial charge on any atom is 0.213 e. The third-order valence-corrected chi connectivity index (χ3v) is 2.16. The summed E-state index contributed by atoms with van der Waals surface area (Å²) in [5.74, 6) is 0.646. The largest absolute Gasteiger partial charge is 0.478 e. The van der Waals surface area contributed by atoms with Gasteiger partial charge in [-0.05, 0) is 25.5 Å². The van der Waals surface area contributed by atoms with Crippen LogP contribution in [-0.4, -0.2) is 18.1 Å². The van der Waals surface area contributed by atoms with Gasteiger partial charge < -0.3 is 10.1 Å². The highest BCUT2D eigenvalue weighted by atomic mass is 35.5. The molecule has 0 aliphatic carbocycles. The molecule has 15 heavy (non-hydrogen) atoms. The number of nitrogens with one attached hydrogen (secondary N) is 1. The van der Waals surface area contributed by atoms with Crippen LogP contribution in [0.15, 0.2) is 29.4 Å². The average Bonchev–Trinajstić information content (AvgIpc) is 2.28. The first kappa shape index (κ1) is 11.9. The second-order valence-electron chi connectivity index (χ2n) is 3.13. The molecule has 0 bridgehead atoms. The summed E-state index contributed by atoms with van der Waals surface area (Å²) in [4.78, 5) is 4.14. The topological polar surface area (TPSA) is 34.1 Å². The van der Waals surface area contributed by atoms with Crippen molar-refractivity contribution in [1.82, 2.24) is 4.98 Å². The summed E-state index contributed by atoms with van der Waals surface area (Å²) in [6, 6.07) is 3.77. The molecule has 0 aliphatic rings. The molecule has 0 atom stereocenters. The SMILES string of the molecule is CCOc1ccc(NC/C(C)=C/Cl)cn1. The standard InChI is InChI=1S/C11H15ClN2O/c1-3-15-11-5-4-10(8-14-11)13-7-9(2)6-12/h4-6,8,13H,3,7H2,1-2H3/b9-6+. The summed E-state index contributed by atoms with van der Waals surface area (Å²) < 4.78 is 5.24. The first-order valence-electron chi connectivity index (χ1n) is 4.85. The van der Waals surface area contributed by atoms with Crippen molar-refractivity contribution in [2.75, 3.05) is 18.5 Å². The zero-order valence-corrected chi connectivity index (χ0v) is 9.71. The lowest BCUT2D eigenvalue weighted by molar-refractivity contribution is 0.327. The highest BCUT2D eigenvalue weighted by Gasteiger charge is 1.95. The van der Waals surface area contributed by atoms with Crippen LogP contribution >= 0.6 is 11.6 Å². The predicted octanol–water partition coefficient (Wildman–Crippen LogP) is 3.03. The van der Waals surface area contributed by atoms with Gasteiger partial charge in [-0.15, -0.1) is 0 Å². The van der Waals surface area contributed by atoms with Crippen molar-refractivity contribution in [2.24, 2.45) is 0 Å².